The number of benzene rings is 1. The molecule has 3 heterocycles. The highest BCUT2D eigenvalue weighted by atomic mass is 32.2. The topological polar surface area (TPSA) is 55.2 Å². The quantitative estimate of drug-likeness (QED) is 0.272. The number of aromatic nitrogens is 2. The lowest BCUT2D eigenvalue weighted by molar-refractivity contribution is -0.129. The van der Waals surface area contributed by atoms with Gasteiger partial charge < -0.3 is 4.90 Å². The van der Waals surface area contributed by atoms with Crippen LogP contribution in [0.1, 0.15) is 30.2 Å². The summed E-state index contributed by atoms with van der Waals surface area (Å²) in [6.07, 6.45) is 5.72. The van der Waals surface area contributed by atoms with Crippen molar-refractivity contribution in [2.45, 2.75) is 44.3 Å². The summed E-state index contributed by atoms with van der Waals surface area (Å²) in [5.41, 5.74) is 1.32. The molecule has 0 bridgehead atoms. The summed E-state index contributed by atoms with van der Waals surface area (Å²) in [6, 6.07) is 12.5. The number of carbonyl (C=O) groups excluding carboxylic acids is 1. The standard InChI is InChI=1S/C25H29N3O2S2/c1-3-12-28-24(30)21-16-20(4-2)32-23(21)26-25(28)31-17-22(29)27-13-10-19(11-14-27)15-18-8-6-5-7-9-18/h3,5-9,16,19H,1,4,10-15,17H2,2H3. The minimum absolute atomic E-state index is 0.0532. The zero-order valence-electron chi connectivity index (χ0n) is 18.5. The third-order valence-corrected chi connectivity index (χ3v) is 8.12. The maximum atomic E-state index is 13.0. The summed E-state index contributed by atoms with van der Waals surface area (Å²) in [5.74, 6) is 1.04. The second-order valence-corrected chi connectivity index (χ2v) is 10.2. The predicted molar refractivity (Wildman–Crippen MR) is 134 cm³/mol. The van der Waals surface area contributed by atoms with Crippen molar-refractivity contribution in [2.24, 2.45) is 5.92 Å². The first kappa shape index (κ1) is 22.8. The third kappa shape index (κ3) is 5.15. The van der Waals surface area contributed by atoms with Gasteiger partial charge in [-0.1, -0.05) is 55.1 Å². The summed E-state index contributed by atoms with van der Waals surface area (Å²) >= 11 is 2.91. The monoisotopic (exact) mass is 467 g/mol. The molecule has 1 aliphatic heterocycles. The number of likely N-dealkylation sites (tertiary alicyclic amines) is 1. The maximum absolute atomic E-state index is 13.0. The second-order valence-electron chi connectivity index (χ2n) is 8.19. The van der Waals surface area contributed by atoms with Crippen LogP contribution in [-0.2, 0) is 24.2 Å². The number of nitrogens with zero attached hydrogens (tertiary/aromatic N) is 3. The van der Waals surface area contributed by atoms with Crippen LogP contribution in [0.3, 0.4) is 0 Å². The van der Waals surface area contributed by atoms with Gasteiger partial charge in [-0.15, -0.1) is 17.9 Å². The molecule has 32 heavy (non-hydrogen) atoms. The van der Waals surface area contributed by atoms with Gasteiger partial charge in [0.2, 0.25) is 5.91 Å². The minimum atomic E-state index is -0.0532. The fraction of sp³-hybridized carbons (Fsp3) is 0.400. The molecule has 0 radical (unpaired) electrons. The lowest BCUT2D eigenvalue weighted by atomic mass is 9.90. The molecule has 0 spiro atoms. The van der Waals surface area contributed by atoms with Gasteiger partial charge in [-0.3, -0.25) is 14.2 Å². The molecule has 4 rings (SSSR count). The van der Waals surface area contributed by atoms with Crippen molar-refractivity contribution in [3.63, 3.8) is 0 Å². The van der Waals surface area contributed by atoms with Gasteiger partial charge >= 0.3 is 0 Å². The number of hydrogen-bond acceptors (Lipinski definition) is 5. The highest BCUT2D eigenvalue weighted by molar-refractivity contribution is 7.99. The molecule has 0 unspecified atom stereocenters. The molecule has 1 aromatic carbocycles. The third-order valence-electron chi connectivity index (χ3n) is 5.99. The largest absolute Gasteiger partial charge is 0.342 e. The number of fused-ring (bicyclic) bond motifs is 1. The summed E-state index contributed by atoms with van der Waals surface area (Å²) in [5, 5.41) is 1.25. The van der Waals surface area contributed by atoms with E-state index in [1.165, 1.54) is 17.3 Å². The lowest BCUT2D eigenvalue weighted by Crippen LogP contribution is -2.40. The number of rotatable bonds is 8. The normalized spacial score (nSPS) is 14.7. The number of allylic oxidation sites excluding steroid dienone is 1. The smallest absolute Gasteiger partial charge is 0.263 e. The van der Waals surface area contributed by atoms with Crippen molar-refractivity contribution in [2.75, 3.05) is 18.8 Å². The van der Waals surface area contributed by atoms with Gasteiger partial charge in [-0.2, -0.15) is 0 Å². The predicted octanol–water partition coefficient (Wildman–Crippen LogP) is 4.78. The van der Waals surface area contributed by atoms with Gasteiger partial charge in [0, 0.05) is 24.5 Å². The van der Waals surface area contributed by atoms with Crippen LogP contribution in [0.25, 0.3) is 10.2 Å². The van der Waals surface area contributed by atoms with E-state index in [0.29, 0.717) is 28.8 Å². The Morgan fingerprint density at radius 3 is 2.72 bits per heavy atom. The maximum Gasteiger partial charge on any atom is 0.263 e. The number of thioether (sulfide) groups is 1. The van der Waals surface area contributed by atoms with E-state index in [-0.39, 0.29) is 11.5 Å². The molecule has 0 aliphatic carbocycles. The van der Waals surface area contributed by atoms with Crippen LogP contribution in [0.4, 0.5) is 0 Å². The molecule has 5 nitrogen and oxygen atoms in total. The van der Waals surface area contributed by atoms with Crippen LogP contribution in [0.5, 0.6) is 0 Å². The van der Waals surface area contributed by atoms with Gasteiger partial charge in [-0.05, 0) is 43.2 Å². The summed E-state index contributed by atoms with van der Waals surface area (Å²) in [6.45, 7) is 7.84. The van der Waals surface area contributed by atoms with Crippen molar-refractivity contribution in [3.05, 3.63) is 69.8 Å². The first-order chi connectivity index (χ1) is 15.6. The fourth-order valence-corrected chi connectivity index (χ4v) is 6.09. The Kier molecular flexibility index (Phi) is 7.48. The van der Waals surface area contributed by atoms with Crippen LogP contribution in [0, 0.1) is 5.92 Å². The Morgan fingerprint density at radius 1 is 1.28 bits per heavy atom. The SMILES string of the molecule is C=CCn1c(SCC(=O)N2CCC(Cc3ccccc3)CC2)nc2sc(CC)cc2c1=O. The van der Waals surface area contributed by atoms with E-state index in [4.69, 9.17) is 4.98 Å². The van der Waals surface area contributed by atoms with Crippen LogP contribution in [0.15, 0.2) is 59.0 Å². The molecule has 1 fully saturated rings. The number of carbonyl (C=O) groups is 1. The van der Waals surface area contributed by atoms with Gasteiger partial charge in [0.05, 0.1) is 11.1 Å². The Bertz CT molecular complexity index is 1150. The van der Waals surface area contributed by atoms with Crippen LogP contribution in [0.2, 0.25) is 0 Å². The molecule has 0 saturated carbocycles. The highest BCUT2D eigenvalue weighted by Crippen LogP contribution is 2.26. The number of hydrogen-bond donors (Lipinski definition) is 0. The Morgan fingerprint density at radius 2 is 2.03 bits per heavy atom. The molecule has 0 atom stereocenters. The average Bonchev–Trinajstić information content (AvgIpc) is 3.24. The number of amides is 1. The molecule has 0 N–H and O–H groups in total. The van der Waals surface area contributed by atoms with Gasteiger partial charge in [0.15, 0.2) is 5.16 Å². The molecule has 2 aromatic heterocycles. The molecular weight excluding hydrogens is 438 g/mol. The van der Waals surface area contributed by atoms with E-state index >= 15 is 0 Å². The molecule has 3 aromatic rings. The van der Waals surface area contributed by atoms with E-state index in [2.05, 4.69) is 37.8 Å². The molecule has 7 heteroatoms. The van der Waals surface area contributed by atoms with Crippen molar-refractivity contribution in [1.29, 1.82) is 0 Å². The van der Waals surface area contributed by atoms with Crippen molar-refractivity contribution < 1.29 is 4.79 Å². The lowest BCUT2D eigenvalue weighted by Gasteiger charge is -2.32. The van der Waals surface area contributed by atoms with E-state index in [9.17, 15) is 9.59 Å². The Hall–Kier alpha value is -2.38. The van der Waals surface area contributed by atoms with E-state index < -0.39 is 0 Å². The number of thiophene rings is 1. The summed E-state index contributed by atoms with van der Waals surface area (Å²) in [4.78, 5) is 34.4. The van der Waals surface area contributed by atoms with Crippen molar-refractivity contribution in [1.82, 2.24) is 14.5 Å². The van der Waals surface area contributed by atoms with Gasteiger partial charge in [-0.25, -0.2) is 4.98 Å². The minimum Gasteiger partial charge on any atom is -0.342 e. The van der Waals surface area contributed by atoms with Gasteiger partial charge in [0.1, 0.15) is 4.83 Å². The zero-order valence-corrected chi connectivity index (χ0v) is 20.1. The zero-order chi connectivity index (χ0) is 22.5. The van der Waals surface area contributed by atoms with Gasteiger partial charge in [0.25, 0.3) is 5.56 Å². The average molecular weight is 468 g/mol. The molecule has 1 aliphatic rings. The first-order valence-corrected chi connectivity index (χ1v) is 13.0. The van der Waals surface area contributed by atoms with Crippen LogP contribution in [-0.4, -0.2) is 39.2 Å². The van der Waals surface area contributed by atoms with Crippen molar-refractivity contribution in [3.8, 4) is 0 Å². The van der Waals surface area contributed by atoms with E-state index in [1.807, 2.05) is 17.0 Å². The second kappa shape index (κ2) is 10.5. The first-order valence-electron chi connectivity index (χ1n) is 11.2. The Balaban J connectivity index is 1.39. The summed E-state index contributed by atoms with van der Waals surface area (Å²) in [7, 11) is 0. The molecule has 1 saturated heterocycles. The molecular formula is C25H29N3O2S2. The fourth-order valence-electron chi connectivity index (χ4n) is 4.17. The highest BCUT2D eigenvalue weighted by Gasteiger charge is 2.24. The van der Waals surface area contributed by atoms with E-state index in [0.717, 1.165) is 48.5 Å². The molecule has 168 valence electrons. The number of aryl methyl sites for hydroxylation is 1. The van der Waals surface area contributed by atoms with Crippen LogP contribution >= 0.6 is 23.1 Å². The summed E-state index contributed by atoms with van der Waals surface area (Å²) < 4.78 is 1.63. The van der Waals surface area contributed by atoms with E-state index in [1.54, 1.807) is 22.0 Å². The van der Waals surface area contributed by atoms with Crippen LogP contribution < -0.4 is 5.56 Å². The number of piperidine rings is 1. The molecule has 1 amide bonds. The van der Waals surface area contributed by atoms with Crippen molar-refractivity contribution >= 4 is 39.2 Å². The Labute approximate surface area is 197 Å².